The highest BCUT2D eigenvalue weighted by atomic mass is 35.5. The van der Waals surface area contributed by atoms with Gasteiger partial charge in [0.25, 0.3) is 0 Å². The summed E-state index contributed by atoms with van der Waals surface area (Å²) in [5.41, 5.74) is 5.01. The van der Waals surface area contributed by atoms with E-state index in [-0.39, 0.29) is 6.10 Å². The molecule has 1 aliphatic rings. The Kier molecular flexibility index (Phi) is 4.35. The van der Waals surface area contributed by atoms with Gasteiger partial charge in [-0.15, -0.1) is 11.6 Å². The molecule has 1 heterocycles. The fourth-order valence-electron chi connectivity index (χ4n) is 2.69. The Morgan fingerprint density at radius 2 is 2.00 bits per heavy atom. The first-order valence-electron chi connectivity index (χ1n) is 7.39. The van der Waals surface area contributed by atoms with Crippen molar-refractivity contribution in [3.05, 3.63) is 59.2 Å². The number of benzene rings is 2. The van der Waals surface area contributed by atoms with Crippen LogP contribution in [0.3, 0.4) is 0 Å². The molecule has 0 aromatic heterocycles. The van der Waals surface area contributed by atoms with E-state index in [9.17, 15) is 0 Å². The summed E-state index contributed by atoms with van der Waals surface area (Å²) < 4.78 is 5.97. The van der Waals surface area contributed by atoms with Gasteiger partial charge < -0.3 is 10.1 Å². The molecule has 0 amide bonds. The number of halogens is 1. The number of rotatable bonds is 5. The van der Waals surface area contributed by atoms with E-state index in [4.69, 9.17) is 16.3 Å². The summed E-state index contributed by atoms with van der Waals surface area (Å²) in [6.07, 6.45) is 2.11. The van der Waals surface area contributed by atoms with Crippen molar-refractivity contribution in [2.75, 3.05) is 17.7 Å². The van der Waals surface area contributed by atoms with Gasteiger partial charge in [-0.25, -0.2) is 0 Å². The molecule has 110 valence electrons. The molecule has 0 fully saturated rings. The molecule has 1 unspecified atom stereocenters. The highest BCUT2D eigenvalue weighted by Gasteiger charge is 2.22. The van der Waals surface area contributed by atoms with Gasteiger partial charge >= 0.3 is 0 Å². The zero-order valence-electron chi connectivity index (χ0n) is 12.2. The summed E-state index contributed by atoms with van der Waals surface area (Å²) in [6.45, 7) is 2.94. The maximum atomic E-state index is 5.97. The van der Waals surface area contributed by atoms with Gasteiger partial charge in [-0.2, -0.15) is 0 Å². The number of hydrogen-bond acceptors (Lipinski definition) is 2. The lowest BCUT2D eigenvalue weighted by Crippen LogP contribution is -2.23. The fraction of sp³-hybridized carbons (Fsp3) is 0.333. The van der Waals surface area contributed by atoms with Crippen molar-refractivity contribution in [2.45, 2.75) is 25.9 Å². The van der Waals surface area contributed by atoms with Crippen molar-refractivity contribution < 1.29 is 4.74 Å². The number of ether oxygens (including phenoxy) is 1. The first-order chi connectivity index (χ1) is 10.2. The summed E-state index contributed by atoms with van der Waals surface area (Å²) in [5.74, 6) is 1.70. The summed E-state index contributed by atoms with van der Waals surface area (Å²) in [7, 11) is 0. The Morgan fingerprint density at radius 1 is 1.19 bits per heavy atom. The van der Waals surface area contributed by atoms with Crippen LogP contribution in [0.2, 0.25) is 0 Å². The van der Waals surface area contributed by atoms with Crippen LogP contribution < -0.4 is 10.1 Å². The van der Waals surface area contributed by atoms with E-state index in [1.54, 1.807) is 0 Å². The highest BCUT2D eigenvalue weighted by molar-refractivity contribution is 6.17. The Hall–Kier alpha value is -1.67. The lowest BCUT2D eigenvalue weighted by atomic mass is 10.1. The van der Waals surface area contributed by atoms with Gasteiger partial charge in [-0.3, -0.25) is 0 Å². The van der Waals surface area contributed by atoms with Crippen molar-refractivity contribution in [1.29, 1.82) is 0 Å². The molecule has 2 aromatic carbocycles. The third-order valence-electron chi connectivity index (χ3n) is 3.83. The molecule has 3 heteroatoms. The lowest BCUT2D eigenvalue weighted by molar-refractivity contribution is 0.246. The van der Waals surface area contributed by atoms with E-state index in [1.165, 1.54) is 16.7 Å². The van der Waals surface area contributed by atoms with Crippen molar-refractivity contribution in [2.24, 2.45) is 0 Å². The average Bonchev–Trinajstić information content (AvgIpc) is 2.89. The molecule has 0 saturated carbocycles. The van der Waals surface area contributed by atoms with Crippen molar-refractivity contribution in [3.63, 3.8) is 0 Å². The molecule has 0 bridgehead atoms. The SMILES string of the molecule is Cc1ccc2c(c1)CC(CNc1ccc(CCCl)cc1)O2. The molecule has 0 radical (unpaired) electrons. The van der Waals surface area contributed by atoms with Crippen molar-refractivity contribution >= 4 is 17.3 Å². The molecule has 0 aliphatic carbocycles. The van der Waals surface area contributed by atoms with Gasteiger partial charge in [0.15, 0.2) is 0 Å². The van der Waals surface area contributed by atoms with Gasteiger partial charge in [-0.05, 0) is 42.7 Å². The van der Waals surface area contributed by atoms with Crippen LogP contribution in [0.5, 0.6) is 5.75 Å². The second-order valence-electron chi connectivity index (χ2n) is 5.57. The standard InChI is InChI=1S/C18H20ClNO/c1-13-2-7-18-15(10-13)11-17(21-18)12-20-16-5-3-14(4-6-16)8-9-19/h2-7,10,17,20H,8-9,11-12H2,1H3. The molecule has 1 aliphatic heterocycles. The largest absolute Gasteiger partial charge is 0.488 e. The number of hydrogen-bond donors (Lipinski definition) is 1. The van der Waals surface area contributed by atoms with Crippen LogP contribution >= 0.6 is 11.6 Å². The fourth-order valence-corrected chi connectivity index (χ4v) is 2.91. The monoisotopic (exact) mass is 301 g/mol. The molecule has 21 heavy (non-hydrogen) atoms. The maximum Gasteiger partial charge on any atom is 0.123 e. The van der Waals surface area contributed by atoms with Gasteiger partial charge in [0.1, 0.15) is 11.9 Å². The summed E-state index contributed by atoms with van der Waals surface area (Å²) in [5, 5.41) is 3.45. The highest BCUT2D eigenvalue weighted by Crippen LogP contribution is 2.29. The zero-order chi connectivity index (χ0) is 14.7. The van der Waals surface area contributed by atoms with Gasteiger partial charge in [0.2, 0.25) is 0 Å². The minimum absolute atomic E-state index is 0.212. The topological polar surface area (TPSA) is 21.3 Å². The minimum atomic E-state index is 0.212. The molecule has 0 saturated heterocycles. The number of nitrogens with one attached hydrogen (secondary N) is 1. The molecule has 3 rings (SSSR count). The van der Waals surface area contributed by atoms with E-state index in [0.29, 0.717) is 5.88 Å². The number of anilines is 1. The normalized spacial score (nSPS) is 16.4. The van der Waals surface area contributed by atoms with Crippen LogP contribution in [0.4, 0.5) is 5.69 Å². The Labute approximate surface area is 131 Å². The Morgan fingerprint density at radius 3 is 2.76 bits per heavy atom. The molecule has 1 N–H and O–H groups in total. The first kappa shape index (κ1) is 14.3. The summed E-state index contributed by atoms with van der Waals surface area (Å²) >= 11 is 5.75. The van der Waals surface area contributed by atoms with Crippen LogP contribution in [0.25, 0.3) is 0 Å². The summed E-state index contributed by atoms with van der Waals surface area (Å²) in [6, 6.07) is 14.9. The zero-order valence-corrected chi connectivity index (χ0v) is 13.0. The maximum absolute atomic E-state index is 5.97. The van der Waals surface area contributed by atoms with Gasteiger partial charge in [0.05, 0.1) is 6.54 Å². The Balaban J connectivity index is 1.55. The predicted molar refractivity (Wildman–Crippen MR) is 88.7 cm³/mol. The van der Waals surface area contributed by atoms with Crippen LogP contribution in [-0.4, -0.2) is 18.5 Å². The molecular weight excluding hydrogens is 282 g/mol. The van der Waals surface area contributed by atoms with E-state index in [0.717, 1.165) is 30.8 Å². The van der Waals surface area contributed by atoms with Crippen LogP contribution in [0.1, 0.15) is 16.7 Å². The number of aryl methyl sites for hydroxylation is 2. The second-order valence-corrected chi connectivity index (χ2v) is 5.95. The van der Waals surface area contributed by atoms with Crippen LogP contribution in [0, 0.1) is 6.92 Å². The molecule has 1 atom stereocenters. The predicted octanol–water partition coefficient (Wildman–Crippen LogP) is 4.19. The summed E-state index contributed by atoms with van der Waals surface area (Å²) in [4.78, 5) is 0. The molecule has 2 aromatic rings. The van der Waals surface area contributed by atoms with Gasteiger partial charge in [-0.1, -0.05) is 29.8 Å². The molecular formula is C18H20ClNO. The van der Waals surface area contributed by atoms with Gasteiger partial charge in [0, 0.05) is 18.0 Å². The van der Waals surface area contributed by atoms with E-state index in [1.807, 2.05) is 0 Å². The van der Waals surface area contributed by atoms with Crippen molar-refractivity contribution in [3.8, 4) is 5.75 Å². The lowest BCUT2D eigenvalue weighted by Gasteiger charge is -2.13. The third-order valence-corrected chi connectivity index (χ3v) is 4.02. The Bertz CT molecular complexity index is 609. The van der Waals surface area contributed by atoms with E-state index in [2.05, 4.69) is 54.7 Å². The quantitative estimate of drug-likeness (QED) is 0.836. The number of fused-ring (bicyclic) bond motifs is 1. The average molecular weight is 302 g/mol. The molecule has 0 spiro atoms. The van der Waals surface area contributed by atoms with Crippen molar-refractivity contribution in [1.82, 2.24) is 0 Å². The second kappa shape index (κ2) is 6.40. The van der Waals surface area contributed by atoms with E-state index < -0.39 is 0 Å². The minimum Gasteiger partial charge on any atom is -0.488 e. The molecule has 2 nitrogen and oxygen atoms in total. The van der Waals surface area contributed by atoms with Crippen LogP contribution in [0.15, 0.2) is 42.5 Å². The smallest absolute Gasteiger partial charge is 0.123 e. The third kappa shape index (κ3) is 3.51. The number of alkyl halides is 1. The first-order valence-corrected chi connectivity index (χ1v) is 7.93. The van der Waals surface area contributed by atoms with E-state index >= 15 is 0 Å². The van der Waals surface area contributed by atoms with Crippen LogP contribution in [-0.2, 0) is 12.8 Å².